The molecule has 27 heavy (non-hydrogen) atoms. The highest BCUT2D eigenvalue weighted by Crippen LogP contribution is 2.32. The Balaban J connectivity index is 1.84. The topological polar surface area (TPSA) is 45.5 Å². The van der Waals surface area contributed by atoms with Gasteiger partial charge in [-0.15, -0.1) is 0 Å². The number of hydrogen-bond acceptors (Lipinski definition) is 2. The van der Waals surface area contributed by atoms with Crippen molar-refractivity contribution in [3.63, 3.8) is 0 Å². The Morgan fingerprint density at radius 1 is 1.19 bits per heavy atom. The van der Waals surface area contributed by atoms with Gasteiger partial charge in [0, 0.05) is 37.6 Å². The van der Waals surface area contributed by atoms with Gasteiger partial charge in [0.1, 0.15) is 12.2 Å². The highest BCUT2D eigenvalue weighted by Gasteiger charge is 2.32. The molecule has 0 N–H and O–H groups in total. The lowest BCUT2D eigenvalue weighted by Crippen LogP contribution is -2.53. The quantitative estimate of drug-likeness (QED) is 0.820. The summed E-state index contributed by atoms with van der Waals surface area (Å²) in [6.45, 7) is 5.55. The summed E-state index contributed by atoms with van der Waals surface area (Å²) in [5.74, 6) is -0.113. The van der Waals surface area contributed by atoms with Crippen LogP contribution in [0.5, 0.6) is 0 Å². The molecule has 2 aromatic rings. The van der Waals surface area contributed by atoms with E-state index < -0.39 is 11.7 Å². The monoisotopic (exact) mass is 381 g/mol. The largest absolute Gasteiger partial charge is 0.416 e. The third kappa shape index (κ3) is 3.79. The van der Waals surface area contributed by atoms with Gasteiger partial charge < -0.3 is 14.4 Å². The van der Waals surface area contributed by atoms with Crippen LogP contribution in [0.15, 0.2) is 24.3 Å². The third-order valence-electron chi connectivity index (χ3n) is 4.78. The van der Waals surface area contributed by atoms with Crippen LogP contribution in [0.2, 0.25) is 0 Å². The molecule has 3 rings (SSSR count). The number of alkyl halides is 3. The van der Waals surface area contributed by atoms with E-state index in [1.54, 1.807) is 16.5 Å². The first-order valence-corrected chi connectivity index (χ1v) is 8.81. The van der Waals surface area contributed by atoms with Crippen molar-refractivity contribution in [3.8, 4) is 0 Å². The van der Waals surface area contributed by atoms with Gasteiger partial charge in [0.25, 0.3) is 5.91 Å². The molecule has 1 saturated heterocycles. The summed E-state index contributed by atoms with van der Waals surface area (Å²) in [7, 11) is 1.64. The molecule has 8 heteroatoms. The number of nitrogens with zero attached hydrogens (tertiary/aromatic N) is 3. The highest BCUT2D eigenvalue weighted by atomic mass is 19.4. The van der Waals surface area contributed by atoms with E-state index in [1.807, 2.05) is 13.8 Å². The Morgan fingerprint density at radius 2 is 1.89 bits per heavy atom. The third-order valence-corrected chi connectivity index (χ3v) is 4.78. The standard InChI is InChI=1S/C19H22F3N3O2/c1-12(2)10-24-6-7-25(11-17(24)26)18(27)16-9-13-8-14(19(20,21)22)4-5-15(13)23(16)3/h4-5,8-9,12H,6-7,10-11H2,1-3H3. The highest BCUT2D eigenvalue weighted by molar-refractivity contribution is 6.00. The van der Waals surface area contributed by atoms with E-state index in [-0.39, 0.29) is 24.1 Å². The molecule has 146 valence electrons. The fourth-order valence-corrected chi connectivity index (χ4v) is 3.41. The Labute approximate surface area is 155 Å². The van der Waals surface area contributed by atoms with E-state index >= 15 is 0 Å². The maximum absolute atomic E-state index is 12.9. The summed E-state index contributed by atoms with van der Waals surface area (Å²) in [6, 6.07) is 4.86. The second kappa shape index (κ2) is 6.90. The Morgan fingerprint density at radius 3 is 2.48 bits per heavy atom. The Bertz CT molecular complexity index is 886. The van der Waals surface area contributed by atoms with Crippen molar-refractivity contribution in [1.82, 2.24) is 14.4 Å². The first-order valence-electron chi connectivity index (χ1n) is 8.81. The van der Waals surface area contributed by atoms with Crippen molar-refractivity contribution in [3.05, 3.63) is 35.5 Å². The molecular weight excluding hydrogens is 359 g/mol. The van der Waals surface area contributed by atoms with Crippen LogP contribution in [-0.4, -0.2) is 52.4 Å². The molecular formula is C19H22F3N3O2. The minimum Gasteiger partial charge on any atom is -0.340 e. The van der Waals surface area contributed by atoms with Crippen molar-refractivity contribution < 1.29 is 22.8 Å². The fourth-order valence-electron chi connectivity index (χ4n) is 3.41. The number of aromatic nitrogens is 1. The van der Waals surface area contributed by atoms with E-state index in [9.17, 15) is 22.8 Å². The van der Waals surface area contributed by atoms with Crippen molar-refractivity contribution in [2.24, 2.45) is 13.0 Å². The number of benzene rings is 1. The molecule has 2 amide bonds. The van der Waals surface area contributed by atoms with Crippen molar-refractivity contribution >= 4 is 22.7 Å². The zero-order valence-electron chi connectivity index (χ0n) is 15.5. The summed E-state index contributed by atoms with van der Waals surface area (Å²) >= 11 is 0. The number of aryl methyl sites for hydroxylation is 1. The molecule has 1 aliphatic rings. The number of halogens is 3. The smallest absolute Gasteiger partial charge is 0.340 e. The first-order chi connectivity index (χ1) is 12.6. The minimum absolute atomic E-state index is 0.0130. The van der Waals surface area contributed by atoms with Crippen molar-refractivity contribution in [2.75, 3.05) is 26.2 Å². The summed E-state index contributed by atoms with van der Waals surface area (Å²) in [5.41, 5.74) is 0.0580. The number of hydrogen-bond donors (Lipinski definition) is 0. The molecule has 5 nitrogen and oxygen atoms in total. The van der Waals surface area contributed by atoms with Crippen LogP contribution in [0.25, 0.3) is 10.9 Å². The predicted octanol–water partition coefficient (Wildman–Crippen LogP) is 3.14. The summed E-state index contributed by atoms with van der Waals surface area (Å²) in [6.07, 6.45) is -4.44. The summed E-state index contributed by atoms with van der Waals surface area (Å²) in [5, 5.41) is 0.348. The van der Waals surface area contributed by atoms with Crippen LogP contribution < -0.4 is 0 Å². The summed E-state index contributed by atoms with van der Waals surface area (Å²) in [4.78, 5) is 28.3. The normalized spacial score (nSPS) is 15.9. The SMILES string of the molecule is CC(C)CN1CCN(C(=O)c2cc3cc(C(F)(F)F)ccc3n2C)CC1=O. The molecule has 1 aliphatic heterocycles. The van der Waals surface area contributed by atoms with Crippen molar-refractivity contribution in [2.45, 2.75) is 20.0 Å². The fraction of sp³-hybridized carbons (Fsp3) is 0.474. The number of rotatable bonds is 3. The van der Waals surface area contributed by atoms with Gasteiger partial charge in [-0.1, -0.05) is 13.8 Å². The maximum Gasteiger partial charge on any atom is 0.416 e. The van der Waals surface area contributed by atoms with Crippen LogP contribution in [-0.2, 0) is 18.0 Å². The van der Waals surface area contributed by atoms with Gasteiger partial charge in [-0.05, 0) is 30.2 Å². The van der Waals surface area contributed by atoms with Crippen molar-refractivity contribution in [1.29, 1.82) is 0 Å². The van der Waals surface area contributed by atoms with E-state index in [0.717, 1.165) is 12.1 Å². The van der Waals surface area contributed by atoms with Gasteiger partial charge in [0.2, 0.25) is 5.91 Å². The number of piperazine rings is 1. The average molecular weight is 381 g/mol. The number of carbonyl (C=O) groups excluding carboxylic acids is 2. The number of amides is 2. The van der Waals surface area contributed by atoms with E-state index in [2.05, 4.69) is 0 Å². The lowest BCUT2D eigenvalue weighted by Gasteiger charge is -2.35. The number of fused-ring (bicyclic) bond motifs is 1. The van der Waals surface area contributed by atoms with Crippen LogP contribution in [0.4, 0.5) is 13.2 Å². The summed E-state index contributed by atoms with van der Waals surface area (Å²) < 4.78 is 40.3. The molecule has 0 unspecified atom stereocenters. The second-order valence-corrected chi connectivity index (χ2v) is 7.32. The van der Waals surface area contributed by atoms with Gasteiger partial charge in [-0.25, -0.2) is 0 Å². The molecule has 1 aromatic heterocycles. The van der Waals surface area contributed by atoms with E-state index in [4.69, 9.17) is 0 Å². The van der Waals surface area contributed by atoms with Gasteiger partial charge in [0.15, 0.2) is 0 Å². The molecule has 0 radical (unpaired) electrons. The minimum atomic E-state index is -4.44. The van der Waals surface area contributed by atoms with Gasteiger partial charge in [-0.2, -0.15) is 13.2 Å². The number of carbonyl (C=O) groups is 2. The molecule has 2 heterocycles. The molecule has 0 atom stereocenters. The Hall–Kier alpha value is -2.51. The lowest BCUT2D eigenvalue weighted by molar-refractivity contribution is -0.137. The molecule has 0 bridgehead atoms. The predicted molar refractivity (Wildman–Crippen MR) is 95.2 cm³/mol. The molecule has 0 aliphatic carbocycles. The van der Waals surface area contributed by atoms with Gasteiger partial charge >= 0.3 is 6.18 Å². The van der Waals surface area contributed by atoms with Crippen LogP contribution in [0.1, 0.15) is 29.9 Å². The average Bonchev–Trinajstić information content (AvgIpc) is 2.91. The van der Waals surface area contributed by atoms with Crippen LogP contribution >= 0.6 is 0 Å². The second-order valence-electron chi connectivity index (χ2n) is 7.32. The first kappa shape index (κ1) is 19.3. The van der Waals surface area contributed by atoms with Crippen LogP contribution in [0.3, 0.4) is 0 Å². The van der Waals surface area contributed by atoms with Gasteiger partial charge in [0.05, 0.1) is 5.56 Å². The maximum atomic E-state index is 12.9. The van der Waals surface area contributed by atoms with E-state index in [0.29, 0.717) is 36.5 Å². The van der Waals surface area contributed by atoms with E-state index in [1.165, 1.54) is 17.0 Å². The molecule has 0 saturated carbocycles. The molecule has 1 fully saturated rings. The van der Waals surface area contributed by atoms with Crippen LogP contribution in [0, 0.1) is 5.92 Å². The Kier molecular flexibility index (Phi) is 4.92. The molecule has 1 aromatic carbocycles. The zero-order chi connectivity index (χ0) is 19.9. The lowest BCUT2D eigenvalue weighted by atomic mass is 10.1. The molecule has 0 spiro atoms. The van der Waals surface area contributed by atoms with Gasteiger partial charge in [-0.3, -0.25) is 9.59 Å². The zero-order valence-corrected chi connectivity index (χ0v) is 15.5.